The first kappa shape index (κ1) is 30.4. The lowest BCUT2D eigenvalue weighted by atomic mass is 9.82. The zero-order valence-electron chi connectivity index (χ0n) is 23.6. The molecule has 0 aliphatic heterocycles. The summed E-state index contributed by atoms with van der Waals surface area (Å²) in [6.07, 6.45) is 0. The van der Waals surface area contributed by atoms with E-state index in [0.29, 0.717) is 26.2 Å². The van der Waals surface area contributed by atoms with Gasteiger partial charge in [0.25, 0.3) is 0 Å². The first-order valence-corrected chi connectivity index (χ1v) is 14.0. The lowest BCUT2D eigenvalue weighted by Crippen LogP contribution is -2.29. The van der Waals surface area contributed by atoms with Crippen molar-refractivity contribution in [3.8, 4) is 0 Å². The van der Waals surface area contributed by atoms with Gasteiger partial charge < -0.3 is 35.1 Å². The Kier molecular flexibility index (Phi) is 12.1. The summed E-state index contributed by atoms with van der Waals surface area (Å²) in [5.74, 6) is -0.00289. The molecule has 0 amide bonds. The fourth-order valence-electron chi connectivity index (χ4n) is 5.25. The fraction of sp³-hybridized carbons (Fsp3) is 0.438. The SMILES string of the molecule is CCN(CC)c1ccc(C)c(C(c2ccc(N(CCO)CCO)cc2)c2ccc(N(CCO)CCO)cc2)c1. The van der Waals surface area contributed by atoms with Crippen LogP contribution in [0.4, 0.5) is 17.1 Å². The van der Waals surface area contributed by atoms with E-state index in [1.54, 1.807) is 0 Å². The van der Waals surface area contributed by atoms with Gasteiger partial charge in [-0.3, -0.25) is 0 Å². The largest absolute Gasteiger partial charge is 0.395 e. The van der Waals surface area contributed by atoms with Crippen molar-refractivity contribution in [2.24, 2.45) is 0 Å². The lowest BCUT2D eigenvalue weighted by Gasteiger charge is -2.28. The highest BCUT2D eigenvalue weighted by Crippen LogP contribution is 2.37. The van der Waals surface area contributed by atoms with Crippen LogP contribution in [0.15, 0.2) is 66.7 Å². The normalized spacial score (nSPS) is 11.2. The molecule has 0 saturated heterocycles. The number of hydrogen-bond acceptors (Lipinski definition) is 7. The molecule has 0 radical (unpaired) electrons. The average Bonchev–Trinajstić information content (AvgIpc) is 2.96. The second-order valence-electron chi connectivity index (χ2n) is 9.70. The molecule has 3 aromatic rings. The number of aliphatic hydroxyl groups is 4. The van der Waals surface area contributed by atoms with E-state index in [0.717, 1.165) is 35.6 Å². The van der Waals surface area contributed by atoms with Crippen molar-refractivity contribution >= 4 is 17.1 Å². The summed E-state index contributed by atoms with van der Waals surface area (Å²) in [5.41, 5.74) is 7.90. The predicted molar refractivity (Wildman–Crippen MR) is 161 cm³/mol. The number of hydrogen-bond donors (Lipinski definition) is 4. The molecule has 0 atom stereocenters. The first-order valence-electron chi connectivity index (χ1n) is 14.0. The molecular formula is C32H45N3O4. The van der Waals surface area contributed by atoms with Gasteiger partial charge in [-0.25, -0.2) is 0 Å². The maximum Gasteiger partial charge on any atom is 0.0606 e. The minimum absolute atomic E-state index is 0.00289. The second-order valence-corrected chi connectivity index (χ2v) is 9.70. The Balaban J connectivity index is 2.09. The van der Waals surface area contributed by atoms with Gasteiger partial charge >= 0.3 is 0 Å². The molecule has 7 heteroatoms. The van der Waals surface area contributed by atoms with Gasteiger partial charge in [-0.2, -0.15) is 0 Å². The molecule has 0 aliphatic carbocycles. The molecule has 0 spiro atoms. The average molecular weight is 536 g/mol. The van der Waals surface area contributed by atoms with E-state index in [1.165, 1.54) is 16.8 Å². The van der Waals surface area contributed by atoms with Gasteiger partial charge in [0.2, 0.25) is 0 Å². The monoisotopic (exact) mass is 535 g/mol. The third-order valence-corrected chi connectivity index (χ3v) is 7.37. The Hall–Kier alpha value is -3.10. The number of rotatable bonds is 16. The Morgan fingerprint density at radius 2 is 0.923 bits per heavy atom. The van der Waals surface area contributed by atoms with E-state index >= 15 is 0 Å². The Labute approximate surface area is 233 Å². The van der Waals surface area contributed by atoms with Crippen molar-refractivity contribution in [2.75, 3.05) is 80.4 Å². The number of benzene rings is 3. The summed E-state index contributed by atoms with van der Waals surface area (Å²) in [6, 6.07) is 23.5. The molecule has 0 aliphatic rings. The van der Waals surface area contributed by atoms with Crippen LogP contribution < -0.4 is 14.7 Å². The van der Waals surface area contributed by atoms with E-state index in [2.05, 4.69) is 92.4 Å². The lowest BCUT2D eigenvalue weighted by molar-refractivity contribution is 0.280. The van der Waals surface area contributed by atoms with Gasteiger partial charge in [0.15, 0.2) is 0 Å². The molecule has 0 unspecified atom stereocenters. The van der Waals surface area contributed by atoms with E-state index in [4.69, 9.17) is 0 Å². The number of aryl methyl sites for hydroxylation is 1. The van der Waals surface area contributed by atoms with E-state index in [9.17, 15) is 20.4 Å². The van der Waals surface area contributed by atoms with Crippen LogP contribution in [-0.4, -0.2) is 86.1 Å². The zero-order valence-corrected chi connectivity index (χ0v) is 23.6. The smallest absolute Gasteiger partial charge is 0.0606 e. The van der Waals surface area contributed by atoms with Crippen molar-refractivity contribution in [1.82, 2.24) is 0 Å². The van der Waals surface area contributed by atoms with Crippen LogP contribution in [-0.2, 0) is 0 Å². The molecule has 4 N–H and O–H groups in total. The third-order valence-electron chi connectivity index (χ3n) is 7.37. The molecule has 0 saturated carbocycles. The number of anilines is 3. The summed E-state index contributed by atoms with van der Waals surface area (Å²) >= 11 is 0. The van der Waals surface area contributed by atoms with Crippen molar-refractivity contribution in [3.05, 3.63) is 89.0 Å². The summed E-state index contributed by atoms with van der Waals surface area (Å²) in [5, 5.41) is 37.9. The minimum atomic E-state index is -0.00289. The Morgan fingerprint density at radius 3 is 1.28 bits per heavy atom. The summed E-state index contributed by atoms with van der Waals surface area (Å²) in [6.45, 7) is 10.3. The summed E-state index contributed by atoms with van der Waals surface area (Å²) in [4.78, 5) is 6.32. The van der Waals surface area contributed by atoms with Crippen molar-refractivity contribution < 1.29 is 20.4 Å². The standard InChI is InChI=1S/C32H45N3O4/c1-4-33(5-2)30-11-6-25(3)31(24-30)32(26-7-12-28(13-8-26)34(16-20-36)17-21-37)27-9-14-29(15-10-27)35(18-22-38)19-23-39/h6-15,24,32,36-39H,4-5,16-23H2,1-3H3. The van der Waals surface area contributed by atoms with Gasteiger partial charge in [0.05, 0.1) is 26.4 Å². The van der Waals surface area contributed by atoms with Crippen LogP contribution >= 0.6 is 0 Å². The van der Waals surface area contributed by atoms with Crippen molar-refractivity contribution in [2.45, 2.75) is 26.7 Å². The van der Waals surface area contributed by atoms with Crippen LogP contribution in [0, 0.1) is 6.92 Å². The third kappa shape index (κ3) is 7.73. The molecule has 0 fully saturated rings. The highest BCUT2D eigenvalue weighted by atomic mass is 16.3. The topological polar surface area (TPSA) is 90.6 Å². The van der Waals surface area contributed by atoms with Crippen LogP contribution in [0.3, 0.4) is 0 Å². The molecular weight excluding hydrogens is 490 g/mol. The first-order chi connectivity index (χ1) is 19.0. The van der Waals surface area contributed by atoms with Gasteiger partial charge in [0.1, 0.15) is 0 Å². The van der Waals surface area contributed by atoms with E-state index < -0.39 is 0 Å². The van der Waals surface area contributed by atoms with Gasteiger partial charge in [0, 0.05) is 62.2 Å². The quantitative estimate of drug-likeness (QED) is 0.208. The molecule has 7 nitrogen and oxygen atoms in total. The Morgan fingerprint density at radius 1 is 0.538 bits per heavy atom. The highest BCUT2D eigenvalue weighted by Gasteiger charge is 2.21. The minimum Gasteiger partial charge on any atom is -0.395 e. The number of nitrogens with zero attached hydrogens (tertiary/aromatic N) is 3. The van der Waals surface area contributed by atoms with Gasteiger partial charge in [-0.05, 0) is 79.4 Å². The molecule has 3 aromatic carbocycles. The molecule has 0 bridgehead atoms. The van der Waals surface area contributed by atoms with E-state index in [1.807, 2.05) is 9.80 Å². The maximum atomic E-state index is 9.48. The van der Waals surface area contributed by atoms with E-state index in [-0.39, 0.29) is 32.3 Å². The number of aliphatic hydroxyl groups excluding tert-OH is 4. The molecule has 39 heavy (non-hydrogen) atoms. The molecule has 0 aromatic heterocycles. The molecule has 0 heterocycles. The zero-order chi connectivity index (χ0) is 28.2. The molecule has 3 rings (SSSR count). The highest BCUT2D eigenvalue weighted by molar-refractivity contribution is 5.59. The predicted octanol–water partition coefficient (Wildman–Crippen LogP) is 3.60. The van der Waals surface area contributed by atoms with Crippen LogP contribution in [0.1, 0.15) is 42.0 Å². The Bertz CT molecular complexity index is 1050. The fourth-order valence-corrected chi connectivity index (χ4v) is 5.25. The van der Waals surface area contributed by atoms with Crippen LogP contribution in [0.25, 0.3) is 0 Å². The van der Waals surface area contributed by atoms with Gasteiger partial charge in [-0.15, -0.1) is 0 Å². The van der Waals surface area contributed by atoms with Crippen LogP contribution in [0.2, 0.25) is 0 Å². The van der Waals surface area contributed by atoms with Gasteiger partial charge in [-0.1, -0.05) is 30.3 Å². The maximum absolute atomic E-state index is 9.48. The van der Waals surface area contributed by atoms with Crippen LogP contribution in [0.5, 0.6) is 0 Å². The van der Waals surface area contributed by atoms with Crippen molar-refractivity contribution in [3.63, 3.8) is 0 Å². The molecule has 212 valence electrons. The van der Waals surface area contributed by atoms with Crippen molar-refractivity contribution in [1.29, 1.82) is 0 Å². The summed E-state index contributed by atoms with van der Waals surface area (Å²) < 4.78 is 0. The second kappa shape index (κ2) is 15.5. The summed E-state index contributed by atoms with van der Waals surface area (Å²) in [7, 11) is 0.